The number of carboxylic acid groups (broad SMARTS) is 1. The molecule has 0 amide bonds. The van der Waals surface area contributed by atoms with Gasteiger partial charge in [0, 0.05) is 22.2 Å². The molecule has 3 nitrogen and oxygen atoms in total. The molecule has 0 saturated carbocycles. The Kier molecular flexibility index (Phi) is 3.86. The lowest BCUT2D eigenvalue weighted by molar-refractivity contribution is 0.0702. The standard InChI is InChI=1S/C16H13NO2S2/c1-10-7-14(16(18)19)21-13(10)8-15-17-12(9-20-15)11-5-3-2-4-6-11/h2-7,9H,8H2,1H3,(H,18,19). The normalized spacial score (nSPS) is 10.7. The van der Waals surface area contributed by atoms with Crippen molar-refractivity contribution in [2.75, 3.05) is 0 Å². The molecule has 0 unspecified atom stereocenters. The van der Waals surface area contributed by atoms with Gasteiger partial charge in [-0.2, -0.15) is 0 Å². The molecule has 1 N–H and O–H groups in total. The summed E-state index contributed by atoms with van der Waals surface area (Å²) in [6, 6.07) is 11.8. The summed E-state index contributed by atoms with van der Waals surface area (Å²) in [7, 11) is 0. The molecule has 0 saturated heterocycles. The predicted molar refractivity (Wildman–Crippen MR) is 86.4 cm³/mol. The van der Waals surface area contributed by atoms with Crippen molar-refractivity contribution in [3.05, 3.63) is 62.1 Å². The van der Waals surface area contributed by atoms with Crippen molar-refractivity contribution >= 4 is 28.6 Å². The van der Waals surface area contributed by atoms with Crippen LogP contribution in [0.2, 0.25) is 0 Å². The Morgan fingerprint density at radius 2 is 2.05 bits per heavy atom. The Morgan fingerprint density at radius 1 is 1.29 bits per heavy atom. The van der Waals surface area contributed by atoms with Gasteiger partial charge < -0.3 is 5.11 Å². The summed E-state index contributed by atoms with van der Waals surface area (Å²) in [4.78, 5) is 17.1. The number of thiophene rings is 1. The van der Waals surface area contributed by atoms with E-state index in [-0.39, 0.29) is 0 Å². The van der Waals surface area contributed by atoms with Crippen LogP contribution < -0.4 is 0 Å². The molecule has 0 aliphatic heterocycles. The van der Waals surface area contributed by atoms with Crippen LogP contribution in [0.4, 0.5) is 0 Å². The molecule has 0 bridgehead atoms. The van der Waals surface area contributed by atoms with Crippen molar-refractivity contribution in [2.24, 2.45) is 0 Å². The summed E-state index contributed by atoms with van der Waals surface area (Å²) in [5.74, 6) is -0.863. The number of hydrogen-bond acceptors (Lipinski definition) is 4. The molecule has 106 valence electrons. The van der Waals surface area contributed by atoms with Crippen molar-refractivity contribution in [1.29, 1.82) is 0 Å². The van der Waals surface area contributed by atoms with E-state index >= 15 is 0 Å². The second-order valence-corrected chi connectivity index (χ2v) is 6.77. The molecule has 0 aliphatic carbocycles. The van der Waals surface area contributed by atoms with Crippen LogP contribution in [-0.2, 0) is 6.42 Å². The van der Waals surface area contributed by atoms with Crippen LogP contribution in [0, 0.1) is 6.92 Å². The lowest BCUT2D eigenvalue weighted by atomic mass is 10.2. The third-order valence-corrected chi connectivity index (χ3v) is 5.24. The zero-order valence-electron chi connectivity index (χ0n) is 11.4. The largest absolute Gasteiger partial charge is 0.477 e. The molecule has 0 radical (unpaired) electrons. The average Bonchev–Trinajstić information content (AvgIpc) is 3.08. The molecule has 0 atom stereocenters. The molecular weight excluding hydrogens is 302 g/mol. The van der Waals surface area contributed by atoms with E-state index < -0.39 is 5.97 Å². The smallest absolute Gasteiger partial charge is 0.345 e. The first-order chi connectivity index (χ1) is 10.1. The first-order valence-electron chi connectivity index (χ1n) is 6.46. The van der Waals surface area contributed by atoms with Gasteiger partial charge in [-0.25, -0.2) is 9.78 Å². The van der Waals surface area contributed by atoms with Crippen molar-refractivity contribution in [3.63, 3.8) is 0 Å². The van der Waals surface area contributed by atoms with Crippen molar-refractivity contribution in [1.82, 2.24) is 4.98 Å². The van der Waals surface area contributed by atoms with Crippen LogP contribution >= 0.6 is 22.7 Å². The fourth-order valence-corrected chi connectivity index (χ4v) is 4.00. The minimum atomic E-state index is -0.863. The van der Waals surface area contributed by atoms with Crippen molar-refractivity contribution in [3.8, 4) is 11.3 Å². The van der Waals surface area contributed by atoms with Gasteiger partial charge in [0.25, 0.3) is 0 Å². The van der Waals surface area contributed by atoms with Crippen LogP contribution in [0.3, 0.4) is 0 Å². The Hall–Kier alpha value is -1.98. The van der Waals surface area contributed by atoms with E-state index in [1.807, 2.05) is 42.6 Å². The lowest BCUT2D eigenvalue weighted by Crippen LogP contribution is -1.89. The maximum absolute atomic E-state index is 11.0. The van der Waals surface area contributed by atoms with E-state index in [2.05, 4.69) is 4.98 Å². The van der Waals surface area contributed by atoms with Crippen molar-refractivity contribution < 1.29 is 9.90 Å². The van der Waals surface area contributed by atoms with Gasteiger partial charge in [0.15, 0.2) is 0 Å². The van der Waals surface area contributed by atoms with Gasteiger partial charge in [0.1, 0.15) is 4.88 Å². The number of rotatable bonds is 4. The maximum atomic E-state index is 11.0. The molecule has 0 spiro atoms. The van der Waals surface area contributed by atoms with E-state index in [0.717, 1.165) is 26.7 Å². The molecule has 5 heteroatoms. The second-order valence-electron chi connectivity index (χ2n) is 4.69. The summed E-state index contributed by atoms with van der Waals surface area (Å²) in [5.41, 5.74) is 3.10. The first kappa shape index (κ1) is 14.0. The molecule has 3 rings (SSSR count). The summed E-state index contributed by atoms with van der Waals surface area (Å²) < 4.78 is 0. The van der Waals surface area contributed by atoms with Gasteiger partial charge in [0.05, 0.1) is 10.7 Å². The molecule has 3 aromatic rings. The highest BCUT2D eigenvalue weighted by atomic mass is 32.1. The number of carbonyl (C=O) groups is 1. The van der Waals surface area contributed by atoms with Gasteiger partial charge in [-0.15, -0.1) is 22.7 Å². The van der Waals surface area contributed by atoms with Crippen LogP contribution in [-0.4, -0.2) is 16.1 Å². The van der Waals surface area contributed by atoms with Gasteiger partial charge in [0.2, 0.25) is 0 Å². The summed E-state index contributed by atoms with van der Waals surface area (Å²) in [6.45, 7) is 1.95. The number of aromatic nitrogens is 1. The number of aryl methyl sites for hydroxylation is 1. The Bertz CT molecular complexity index is 775. The molecule has 0 aliphatic rings. The quantitative estimate of drug-likeness (QED) is 0.773. The van der Waals surface area contributed by atoms with Gasteiger partial charge >= 0.3 is 5.97 Å². The molecule has 2 heterocycles. The molecule has 1 aromatic carbocycles. The topological polar surface area (TPSA) is 50.2 Å². The first-order valence-corrected chi connectivity index (χ1v) is 8.15. The van der Waals surface area contributed by atoms with E-state index in [4.69, 9.17) is 5.11 Å². The minimum Gasteiger partial charge on any atom is -0.477 e. The molecule has 2 aromatic heterocycles. The SMILES string of the molecule is Cc1cc(C(=O)O)sc1Cc1nc(-c2ccccc2)cs1. The molecule has 0 fully saturated rings. The number of carboxylic acids is 1. The highest BCUT2D eigenvalue weighted by Crippen LogP contribution is 2.28. The zero-order valence-corrected chi connectivity index (χ0v) is 13.0. The number of nitrogens with zero attached hydrogens (tertiary/aromatic N) is 1. The average molecular weight is 315 g/mol. The summed E-state index contributed by atoms with van der Waals surface area (Å²) in [5, 5.41) is 12.1. The Labute approximate surface area is 130 Å². The Balaban J connectivity index is 1.83. The van der Waals surface area contributed by atoms with Gasteiger partial charge in [-0.1, -0.05) is 30.3 Å². The van der Waals surface area contributed by atoms with E-state index in [1.54, 1.807) is 17.4 Å². The van der Waals surface area contributed by atoms with Crippen LogP contribution in [0.5, 0.6) is 0 Å². The molecule has 21 heavy (non-hydrogen) atoms. The highest BCUT2D eigenvalue weighted by molar-refractivity contribution is 7.14. The van der Waals surface area contributed by atoms with Crippen LogP contribution in [0.25, 0.3) is 11.3 Å². The van der Waals surface area contributed by atoms with Gasteiger partial charge in [-0.3, -0.25) is 0 Å². The number of thiazole rings is 1. The molecular formula is C16H13NO2S2. The Morgan fingerprint density at radius 3 is 2.71 bits per heavy atom. The minimum absolute atomic E-state index is 0.391. The van der Waals surface area contributed by atoms with Crippen LogP contribution in [0.15, 0.2) is 41.8 Å². The third kappa shape index (κ3) is 3.04. The van der Waals surface area contributed by atoms with E-state index in [1.165, 1.54) is 11.3 Å². The monoisotopic (exact) mass is 315 g/mol. The number of aromatic carboxylic acids is 1. The summed E-state index contributed by atoms with van der Waals surface area (Å²) >= 11 is 2.95. The highest BCUT2D eigenvalue weighted by Gasteiger charge is 2.13. The van der Waals surface area contributed by atoms with Gasteiger partial charge in [-0.05, 0) is 18.6 Å². The fourth-order valence-electron chi connectivity index (χ4n) is 2.07. The number of benzene rings is 1. The third-order valence-electron chi connectivity index (χ3n) is 3.16. The summed E-state index contributed by atoms with van der Waals surface area (Å²) in [6.07, 6.45) is 0.696. The van der Waals surface area contributed by atoms with E-state index in [0.29, 0.717) is 11.3 Å². The number of hydrogen-bond donors (Lipinski definition) is 1. The van der Waals surface area contributed by atoms with E-state index in [9.17, 15) is 4.79 Å². The zero-order chi connectivity index (χ0) is 14.8. The fraction of sp³-hybridized carbons (Fsp3) is 0.125. The maximum Gasteiger partial charge on any atom is 0.345 e. The lowest BCUT2D eigenvalue weighted by Gasteiger charge is -1.96. The predicted octanol–water partition coefficient (Wildman–Crippen LogP) is 4.47. The van der Waals surface area contributed by atoms with Crippen LogP contribution in [0.1, 0.15) is 25.1 Å². The van der Waals surface area contributed by atoms with Crippen molar-refractivity contribution in [2.45, 2.75) is 13.3 Å². The second kappa shape index (κ2) is 5.79.